The van der Waals surface area contributed by atoms with Gasteiger partial charge >= 0.3 is 0 Å². The molecule has 3 rings (SSSR count). The molecule has 0 radical (unpaired) electrons. The molecule has 0 spiro atoms. The molecule has 112 valence electrons. The molecule has 1 aliphatic carbocycles. The van der Waals surface area contributed by atoms with E-state index >= 15 is 0 Å². The molecule has 2 fully saturated rings. The molecule has 2 amide bonds. The number of thioether (sulfide) groups is 1. The first-order valence-electron chi connectivity index (χ1n) is 7.32. The van der Waals surface area contributed by atoms with Crippen molar-refractivity contribution in [3.8, 4) is 0 Å². The maximum atomic E-state index is 12.8. The maximum absolute atomic E-state index is 12.8. The Morgan fingerprint density at radius 3 is 2.62 bits per heavy atom. The van der Waals surface area contributed by atoms with Crippen LogP contribution in [0.3, 0.4) is 0 Å². The summed E-state index contributed by atoms with van der Waals surface area (Å²) in [5.41, 5.74) is 0.858. The van der Waals surface area contributed by atoms with E-state index in [1.807, 2.05) is 47.0 Å². The zero-order valence-electron chi connectivity index (χ0n) is 12.2. The Morgan fingerprint density at radius 1 is 1.29 bits per heavy atom. The summed E-state index contributed by atoms with van der Waals surface area (Å²) in [5.74, 6) is -0.0268. The van der Waals surface area contributed by atoms with Crippen molar-refractivity contribution in [1.82, 2.24) is 10.2 Å². The molecule has 1 saturated carbocycles. The number of carbonyl (C=O) groups excluding carboxylic acids is 2. The standard InChI is InChI=1S/C16H20N2O2S/c1-21-16(8-9-16)11-18-10-7-13(19)17-14(15(18)20)12-5-3-2-4-6-12/h2-6,14H,7-11H2,1H3,(H,17,19). The predicted molar refractivity (Wildman–Crippen MR) is 84.0 cm³/mol. The van der Waals surface area contributed by atoms with Crippen LogP contribution in [0.5, 0.6) is 0 Å². The minimum Gasteiger partial charge on any atom is -0.340 e. The monoisotopic (exact) mass is 304 g/mol. The van der Waals surface area contributed by atoms with Gasteiger partial charge in [-0.05, 0) is 24.7 Å². The molecule has 5 heteroatoms. The predicted octanol–water partition coefficient (Wildman–Crippen LogP) is 1.97. The topological polar surface area (TPSA) is 49.4 Å². The minimum absolute atomic E-state index is 0.0207. The Bertz CT molecular complexity index is 542. The summed E-state index contributed by atoms with van der Waals surface area (Å²) in [4.78, 5) is 26.6. The zero-order chi connectivity index (χ0) is 14.9. The molecule has 4 nitrogen and oxygen atoms in total. The van der Waals surface area contributed by atoms with Crippen molar-refractivity contribution in [2.75, 3.05) is 19.3 Å². The summed E-state index contributed by atoms with van der Waals surface area (Å²) in [6.45, 7) is 1.28. The first kappa shape index (κ1) is 14.4. The Balaban J connectivity index is 1.82. The van der Waals surface area contributed by atoms with Gasteiger partial charge in [0.15, 0.2) is 0 Å². The summed E-state index contributed by atoms with van der Waals surface area (Å²) < 4.78 is 0.226. The number of rotatable bonds is 4. The SMILES string of the molecule is CSC1(CN2CCC(=O)NC(c3ccccc3)C2=O)CC1. The van der Waals surface area contributed by atoms with Crippen molar-refractivity contribution in [2.24, 2.45) is 0 Å². The molecule has 0 aromatic heterocycles. The number of hydrogen-bond acceptors (Lipinski definition) is 3. The van der Waals surface area contributed by atoms with Crippen LogP contribution in [0, 0.1) is 0 Å². The Hall–Kier alpha value is -1.49. The quantitative estimate of drug-likeness (QED) is 0.925. The van der Waals surface area contributed by atoms with Crippen LogP contribution in [0.4, 0.5) is 0 Å². The average molecular weight is 304 g/mol. The third-order valence-electron chi connectivity index (χ3n) is 4.33. The van der Waals surface area contributed by atoms with Gasteiger partial charge < -0.3 is 10.2 Å². The fraction of sp³-hybridized carbons (Fsp3) is 0.500. The number of hydrogen-bond donors (Lipinski definition) is 1. The number of nitrogens with one attached hydrogen (secondary N) is 1. The van der Waals surface area contributed by atoms with Gasteiger partial charge in [0.1, 0.15) is 6.04 Å². The zero-order valence-corrected chi connectivity index (χ0v) is 13.0. The van der Waals surface area contributed by atoms with Gasteiger partial charge in [-0.3, -0.25) is 9.59 Å². The van der Waals surface area contributed by atoms with Crippen molar-refractivity contribution >= 4 is 23.6 Å². The lowest BCUT2D eigenvalue weighted by atomic mass is 10.1. The molecular weight excluding hydrogens is 284 g/mol. The lowest BCUT2D eigenvalue weighted by Crippen LogP contribution is -2.42. The van der Waals surface area contributed by atoms with Gasteiger partial charge in [0.25, 0.3) is 0 Å². The molecule has 1 unspecified atom stereocenters. The molecule has 2 aliphatic rings. The highest BCUT2D eigenvalue weighted by atomic mass is 32.2. The van der Waals surface area contributed by atoms with Crippen molar-refractivity contribution in [3.05, 3.63) is 35.9 Å². The molecule has 1 N–H and O–H groups in total. The number of benzene rings is 1. The van der Waals surface area contributed by atoms with Gasteiger partial charge in [-0.15, -0.1) is 0 Å². The van der Waals surface area contributed by atoms with E-state index in [1.54, 1.807) is 0 Å². The Labute approximate surface area is 129 Å². The van der Waals surface area contributed by atoms with Gasteiger partial charge in [0.05, 0.1) is 0 Å². The highest BCUT2D eigenvalue weighted by Gasteiger charge is 2.45. The molecule has 1 heterocycles. The largest absolute Gasteiger partial charge is 0.340 e. The van der Waals surface area contributed by atoms with Crippen molar-refractivity contribution in [3.63, 3.8) is 0 Å². The van der Waals surface area contributed by atoms with Crippen LogP contribution in [-0.4, -0.2) is 40.8 Å². The van der Waals surface area contributed by atoms with E-state index in [2.05, 4.69) is 11.6 Å². The number of carbonyl (C=O) groups is 2. The molecule has 21 heavy (non-hydrogen) atoms. The molecule has 1 aromatic carbocycles. The average Bonchev–Trinajstić information content (AvgIpc) is 3.30. The number of nitrogens with zero attached hydrogens (tertiary/aromatic N) is 1. The van der Waals surface area contributed by atoms with Gasteiger partial charge in [-0.1, -0.05) is 30.3 Å². The fourth-order valence-electron chi connectivity index (χ4n) is 2.77. The second kappa shape index (κ2) is 5.72. The summed E-state index contributed by atoms with van der Waals surface area (Å²) in [7, 11) is 0. The van der Waals surface area contributed by atoms with Crippen LogP contribution in [0.25, 0.3) is 0 Å². The first-order valence-corrected chi connectivity index (χ1v) is 8.54. The van der Waals surface area contributed by atoms with Crippen LogP contribution in [0.1, 0.15) is 30.9 Å². The summed E-state index contributed by atoms with van der Waals surface area (Å²) in [5, 5.41) is 2.86. The third kappa shape index (κ3) is 3.07. The highest BCUT2D eigenvalue weighted by molar-refractivity contribution is 8.00. The molecule has 1 aromatic rings. The molecule has 1 aliphatic heterocycles. The summed E-state index contributed by atoms with van der Waals surface area (Å²) in [6, 6.07) is 8.96. The Morgan fingerprint density at radius 2 is 2.00 bits per heavy atom. The molecular formula is C16H20N2O2S. The van der Waals surface area contributed by atoms with Crippen LogP contribution < -0.4 is 5.32 Å². The van der Waals surface area contributed by atoms with Crippen LogP contribution >= 0.6 is 11.8 Å². The smallest absolute Gasteiger partial charge is 0.249 e. The minimum atomic E-state index is -0.543. The number of amides is 2. The lowest BCUT2D eigenvalue weighted by molar-refractivity contribution is -0.133. The van der Waals surface area contributed by atoms with E-state index in [4.69, 9.17) is 0 Å². The van der Waals surface area contributed by atoms with E-state index in [0.717, 1.165) is 24.9 Å². The third-order valence-corrected chi connectivity index (χ3v) is 5.73. The molecule has 0 bridgehead atoms. The second-order valence-electron chi connectivity index (χ2n) is 5.81. The van der Waals surface area contributed by atoms with Gasteiger partial charge in [0.2, 0.25) is 11.8 Å². The fourth-order valence-corrected chi connectivity index (χ4v) is 3.56. The van der Waals surface area contributed by atoms with E-state index in [9.17, 15) is 9.59 Å². The van der Waals surface area contributed by atoms with Crippen LogP contribution in [0.15, 0.2) is 30.3 Å². The normalized spacial score (nSPS) is 24.4. The summed E-state index contributed by atoms with van der Waals surface area (Å²) in [6.07, 6.45) is 4.82. The van der Waals surface area contributed by atoms with E-state index in [0.29, 0.717) is 13.0 Å². The van der Waals surface area contributed by atoms with Crippen molar-refractivity contribution in [2.45, 2.75) is 30.1 Å². The van der Waals surface area contributed by atoms with E-state index in [-0.39, 0.29) is 16.6 Å². The van der Waals surface area contributed by atoms with Crippen molar-refractivity contribution in [1.29, 1.82) is 0 Å². The molecule has 1 atom stereocenters. The highest BCUT2D eigenvalue weighted by Crippen LogP contribution is 2.48. The van der Waals surface area contributed by atoms with Crippen LogP contribution in [0.2, 0.25) is 0 Å². The molecule has 1 saturated heterocycles. The van der Waals surface area contributed by atoms with Gasteiger partial charge in [-0.25, -0.2) is 0 Å². The maximum Gasteiger partial charge on any atom is 0.249 e. The van der Waals surface area contributed by atoms with Crippen molar-refractivity contribution < 1.29 is 9.59 Å². The van der Waals surface area contributed by atoms with E-state index in [1.165, 1.54) is 0 Å². The summed E-state index contributed by atoms with van der Waals surface area (Å²) >= 11 is 1.84. The lowest BCUT2D eigenvalue weighted by Gasteiger charge is -2.27. The van der Waals surface area contributed by atoms with E-state index < -0.39 is 6.04 Å². The second-order valence-corrected chi connectivity index (χ2v) is 7.08. The van der Waals surface area contributed by atoms with Gasteiger partial charge in [0, 0.05) is 24.3 Å². The van der Waals surface area contributed by atoms with Crippen LogP contribution in [-0.2, 0) is 9.59 Å². The van der Waals surface area contributed by atoms with Gasteiger partial charge in [-0.2, -0.15) is 11.8 Å². The first-order chi connectivity index (χ1) is 10.1. The Kier molecular flexibility index (Phi) is 3.93.